The molecule has 112 valence electrons. The number of ether oxygens (including phenoxy) is 2. The summed E-state index contributed by atoms with van der Waals surface area (Å²) in [6.45, 7) is 7.00. The van der Waals surface area contributed by atoms with Crippen LogP contribution in [0.2, 0.25) is 0 Å². The molecule has 0 unspecified atom stereocenters. The minimum Gasteiger partial charge on any atom is -0.476 e. The molecule has 20 heavy (non-hydrogen) atoms. The van der Waals surface area contributed by atoms with E-state index in [-0.39, 0.29) is 28.8 Å². The largest absolute Gasteiger partial charge is 0.476 e. The van der Waals surface area contributed by atoms with Crippen molar-refractivity contribution in [2.45, 2.75) is 27.2 Å². The second-order valence-corrected chi connectivity index (χ2v) is 5.41. The minimum absolute atomic E-state index is 0.125. The molecule has 1 N–H and O–H groups in total. The number of anilines is 1. The van der Waals surface area contributed by atoms with Crippen LogP contribution in [0.3, 0.4) is 0 Å². The molecule has 8 nitrogen and oxygen atoms in total. The van der Waals surface area contributed by atoms with E-state index in [4.69, 9.17) is 9.47 Å². The van der Waals surface area contributed by atoms with Gasteiger partial charge < -0.3 is 14.8 Å². The lowest BCUT2D eigenvalue weighted by Gasteiger charge is -2.18. The van der Waals surface area contributed by atoms with Crippen LogP contribution in [-0.4, -0.2) is 35.7 Å². The van der Waals surface area contributed by atoms with E-state index in [9.17, 15) is 10.1 Å². The predicted octanol–water partition coefficient (Wildman–Crippen LogP) is 2.25. The van der Waals surface area contributed by atoms with Crippen LogP contribution in [-0.2, 0) is 0 Å². The maximum atomic E-state index is 11.0. The smallest absolute Gasteiger partial charge is 0.392 e. The van der Waals surface area contributed by atoms with Crippen molar-refractivity contribution in [3.05, 3.63) is 10.1 Å². The average Bonchev–Trinajstić information content (AvgIpc) is 2.35. The van der Waals surface area contributed by atoms with Crippen LogP contribution in [0.4, 0.5) is 11.6 Å². The molecule has 0 aliphatic rings. The quantitative estimate of drug-likeness (QED) is 0.631. The van der Waals surface area contributed by atoms with E-state index in [1.807, 2.05) is 0 Å². The fraction of sp³-hybridized carbons (Fsp3) is 0.667. The Morgan fingerprint density at radius 2 is 1.70 bits per heavy atom. The van der Waals surface area contributed by atoms with E-state index < -0.39 is 4.92 Å². The first kappa shape index (κ1) is 15.9. The van der Waals surface area contributed by atoms with E-state index in [0.717, 1.165) is 6.42 Å². The molecule has 0 spiro atoms. The Morgan fingerprint density at radius 1 is 1.20 bits per heavy atom. The van der Waals surface area contributed by atoms with E-state index in [1.165, 1.54) is 14.2 Å². The third kappa shape index (κ3) is 4.22. The maximum absolute atomic E-state index is 11.0. The molecule has 0 amide bonds. The molecule has 8 heteroatoms. The normalized spacial score (nSPS) is 11.1. The predicted molar refractivity (Wildman–Crippen MR) is 74.4 cm³/mol. The lowest BCUT2D eigenvalue weighted by atomic mass is 9.92. The van der Waals surface area contributed by atoms with E-state index >= 15 is 0 Å². The minimum atomic E-state index is -0.628. The summed E-state index contributed by atoms with van der Waals surface area (Å²) in [4.78, 5) is 18.3. The Morgan fingerprint density at radius 3 is 2.05 bits per heavy atom. The third-order valence-corrected chi connectivity index (χ3v) is 2.55. The highest BCUT2D eigenvalue weighted by atomic mass is 16.6. The zero-order valence-corrected chi connectivity index (χ0v) is 12.4. The Hall–Kier alpha value is -2.12. The second-order valence-electron chi connectivity index (χ2n) is 5.41. The number of nitrogens with one attached hydrogen (secondary N) is 1. The van der Waals surface area contributed by atoms with Crippen molar-refractivity contribution in [2.24, 2.45) is 5.41 Å². The molecular weight excluding hydrogens is 264 g/mol. The van der Waals surface area contributed by atoms with Gasteiger partial charge in [-0.05, 0) is 11.8 Å². The molecule has 0 aliphatic heterocycles. The summed E-state index contributed by atoms with van der Waals surface area (Å²) in [6, 6.07) is 0. The van der Waals surface area contributed by atoms with Crippen LogP contribution in [0.15, 0.2) is 0 Å². The molecule has 0 saturated heterocycles. The fourth-order valence-electron chi connectivity index (χ4n) is 1.48. The molecule has 0 saturated carbocycles. The van der Waals surface area contributed by atoms with Gasteiger partial charge in [-0.25, -0.2) is 0 Å². The molecule has 0 radical (unpaired) electrons. The van der Waals surface area contributed by atoms with Crippen molar-refractivity contribution >= 4 is 11.6 Å². The Labute approximate surface area is 117 Å². The van der Waals surface area contributed by atoms with Gasteiger partial charge in [0.05, 0.1) is 19.1 Å². The SMILES string of the molecule is COc1nc(NCCC(C)(C)C)nc(OC)c1[N+](=O)[O-]. The Kier molecular flexibility index (Phi) is 5.06. The van der Waals surface area contributed by atoms with E-state index in [0.29, 0.717) is 6.54 Å². The summed E-state index contributed by atoms with van der Waals surface area (Å²) in [6.07, 6.45) is 0.901. The molecule has 1 rings (SSSR count). The lowest BCUT2D eigenvalue weighted by Crippen LogP contribution is -2.15. The van der Waals surface area contributed by atoms with Gasteiger partial charge in [0.1, 0.15) is 0 Å². The monoisotopic (exact) mass is 284 g/mol. The molecule has 0 bridgehead atoms. The van der Waals surface area contributed by atoms with Crippen LogP contribution in [0.1, 0.15) is 27.2 Å². The van der Waals surface area contributed by atoms with Gasteiger partial charge in [-0.2, -0.15) is 9.97 Å². The highest BCUT2D eigenvalue weighted by Gasteiger charge is 2.27. The van der Waals surface area contributed by atoms with Crippen molar-refractivity contribution in [3.63, 3.8) is 0 Å². The number of aromatic nitrogens is 2. The van der Waals surface area contributed by atoms with Crippen LogP contribution in [0.5, 0.6) is 11.8 Å². The summed E-state index contributed by atoms with van der Waals surface area (Å²) in [7, 11) is 2.63. The molecule has 1 aromatic rings. The first-order valence-electron chi connectivity index (χ1n) is 6.17. The summed E-state index contributed by atoms with van der Waals surface area (Å²) in [5, 5.41) is 14.0. The van der Waals surface area contributed by atoms with Crippen molar-refractivity contribution in [3.8, 4) is 11.8 Å². The molecular formula is C12H20N4O4. The first-order valence-corrected chi connectivity index (χ1v) is 6.17. The third-order valence-electron chi connectivity index (χ3n) is 2.55. The van der Waals surface area contributed by atoms with Crippen LogP contribution in [0, 0.1) is 15.5 Å². The van der Waals surface area contributed by atoms with Gasteiger partial charge in [-0.1, -0.05) is 20.8 Å². The molecule has 0 aliphatic carbocycles. The van der Waals surface area contributed by atoms with Gasteiger partial charge in [-0.3, -0.25) is 10.1 Å². The Bertz CT molecular complexity index is 460. The molecule has 0 atom stereocenters. The van der Waals surface area contributed by atoms with Gasteiger partial charge in [0, 0.05) is 6.54 Å². The zero-order valence-electron chi connectivity index (χ0n) is 12.4. The number of nitro groups is 1. The average molecular weight is 284 g/mol. The van der Waals surface area contributed by atoms with Gasteiger partial charge in [0.25, 0.3) is 0 Å². The van der Waals surface area contributed by atoms with Crippen molar-refractivity contribution < 1.29 is 14.4 Å². The first-order chi connectivity index (χ1) is 9.28. The van der Waals surface area contributed by atoms with E-state index in [2.05, 4.69) is 36.1 Å². The summed E-state index contributed by atoms with van der Waals surface area (Å²) >= 11 is 0. The van der Waals surface area contributed by atoms with Crippen molar-refractivity contribution in [2.75, 3.05) is 26.1 Å². The van der Waals surface area contributed by atoms with Gasteiger partial charge in [0.15, 0.2) is 0 Å². The number of rotatable bonds is 6. The highest BCUT2D eigenvalue weighted by molar-refractivity contribution is 5.53. The highest BCUT2D eigenvalue weighted by Crippen LogP contribution is 2.34. The number of hydrogen-bond acceptors (Lipinski definition) is 7. The fourth-order valence-corrected chi connectivity index (χ4v) is 1.48. The zero-order chi connectivity index (χ0) is 15.3. The van der Waals surface area contributed by atoms with Gasteiger partial charge >= 0.3 is 17.4 Å². The molecule has 0 fully saturated rings. The van der Waals surface area contributed by atoms with Crippen molar-refractivity contribution in [1.29, 1.82) is 0 Å². The second kappa shape index (κ2) is 6.36. The van der Waals surface area contributed by atoms with Crippen LogP contribution in [0.25, 0.3) is 0 Å². The van der Waals surface area contributed by atoms with Crippen LogP contribution >= 0.6 is 0 Å². The van der Waals surface area contributed by atoms with Crippen molar-refractivity contribution in [1.82, 2.24) is 9.97 Å². The number of methoxy groups -OCH3 is 2. The number of hydrogen-bond donors (Lipinski definition) is 1. The van der Waals surface area contributed by atoms with E-state index in [1.54, 1.807) is 0 Å². The molecule has 1 heterocycles. The summed E-state index contributed by atoms with van der Waals surface area (Å²) < 4.78 is 9.85. The summed E-state index contributed by atoms with van der Waals surface area (Å²) in [5.74, 6) is -0.00577. The van der Waals surface area contributed by atoms with Gasteiger partial charge in [-0.15, -0.1) is 0 Å². The topological polar surface area (TPSA) is 99.4 Å². The Balaban J connectivity index is 2.97. The summed E-state index contributed by atoms with van der Waals surface area (Å²) in [5.41, 5.74) is -0.210. The molecule has 0 aromatic carbocycles. The molecule has 1 aromatic heterocycles. The lowest BCUT2D eigenvalue weighted by molar-refractivity contribution is -0.387. The number of nitrogens with zero attached hydrogens (tertiary/aromatic N) is 3. The maximum Gasteiger partial charge on any atom is 0.392 e. The van der Waals surface area contributed by atoms with Crippen LogP contribution < -0.4 is 14.8 Å². The van der Waals surface area contributed by atoms with Gasteiger partial charge in [0.2, 0.25) is 5.95 Å². The standard InChI is InChI=1S/C12H20N4O4/c1-12(2,3)6-7-13-11-14-9(19-4)8(16(17)18)10(15-11)20-5/h6-7H2,1-5H3,(H,13,14,15).